The van der Waals surface area contributed by atoms with E-state index in [1.807, 2.05) is 52.9 Å². The minimum atomic E-state index is -0.0884. The standard InChI is InChI=1S/C19H21N5O2/c1-23-17(22-16-4-3-10-20-18(16)23)13-9-11-24(12-13)19(25)21-14-5-7-15(26-2)8-6-14/h3-8,10,13H,9,11-12H2,1-2H3,(H,21,25)/t13-/m1/s1. The predicted octanol–water partition coefficient (Wildman–Crippen LogP) is 3.00. The van der Waals surface area contributed by atoms with Crippen LogP contribution in [0.25, 0.3) is 11.2 Å². The van der Waals surface area contributed by atoms with Crippen molar-refractivity contribution in [1.29, 1.82) is 0 Å². The van der Waals surface area contributed by atoms with Crippen molar-refractivity contribution in [3.8, 4) is 5.75 Å². The van der Waals surface area contributed by atoms with Gasteiger partial charge in [-0.2, -0.15) is 0 Å². The van der Waals surface area contributed by atoms with Gasteiger partial charge in [-0.3, -0.25) is 0 Å². The molecule has 0 aliphatic carbocycles. The summed E-state index contributed by atoms with van der Waals surface area (Å²) >= 11 is 0. The third-order valence-electron chi connectivity index (χ3n) is 4.84. The van der Waals surface area contributed by atoms with Gasteiger partial charge in [0.15, 0.2) is 5.65 Å². The van der Waals surface area contributed by atoms with Crippen LogP contribution in [-0.4, -0.2) is 45.7 Å². The zero-order valence-corrected chi connectivity index (χ0v) is 14.8. The summed E-state index contributed by atoms with van der Waals surface area (Å²) in [5.74, 6) is 1.97. The molecule has 3 aromatic rings. The largest absolute Gasteiger partial charge is 0.497 e. The fourth-order valence-corrected chi connectivity index (χ4v) is 3.44. The zero-order valence-electron chi connectivity index (χ0n) is 14.8. The number of benzene rings is 1. The molecular weight excluding hydrogens is 330 g/mol. The third kappa shape index (κ3) is 2.96. The number of aromatic nitrogens is 3. The van der Waals surface area contributed by atoms with Crippen molar-refractivity contribution in [2.45, 2.75) is 12.3 Å². The summed E-state index contributed by atoms with van der Waals surface area (Å²) in [7, 11) is 3.60. The first-order chi connectivity index (χ1) is 12.7. The molecule has 0 saturated carbocycles. The zero-order chi connectivity index (χ0) is 18.1. The fourth-order valence-electron chi connectivity index (χ4n) is 3.44. The van der Waals surface area contributed by atoms with E-state index in [1.165, 1.54) is 0 Å². The number of amides is 2. The van der Waals surface area contributed by atoms with Crippen molar-refractivity contribution < 1.29 is 9.53 Å². The second-order valence-corrected chi connectivity index (χ2v) is 6.47. The van der Waals surface area contributed by atoms with Gasteiger partial charge in [-0.25, -0.2) is 14.8 Å². The van der Waals surface area contributed by atoms with E-state index < -0.39 is 0 Å². The average molecular weight is 351 g/mol. The molecule has 0 spiro atoms. The molecule has 134 valence electrons. The Hall–Kier alpha value is -3.09. The summed E-state index contributed by atoms with van der Waals surface area (Å²) in [6.45, 7) is 1.36. The molecule has 26 heavy (non-hydrogen) atoms. The van der Waals surface area contributed by atoms with Crippen LogP contribution in [-0.2, 0) is 7.05 Å². The van der Waals surface area contributed by atoms with E-state index >= 15 is 0 Å². The van der Waals surface area contributed by atoms with E-state index in [0.29, 0.717) is 13.1 Å². The Bertz CT molecular complexity index is 935. The Morgan fingerprint density at radius 3 is 2.81 bits per heavy atom. The van der Waals surface area contributed by atoms with Crippen molar-refractivity contribution in [2.24, 2.45) is 7.05 Å². The second kappa shape index (κ2) is 6.67. The van der Waals surface area contributed by atoms with Gasteiger partial charge in [0.1, 0.15) is 17.1 Å². The van der Waals surface area contributed by atoms with E-state index in [1.54, 1.807) is 13.3 Å². The van der Waals surface area contributed by atoms with E-state index in [-0.39, 0.29) is 11.9 Å². The van der Waals surface area contributed by atoms with Crippen molar-refractivity contribution in [3.63, 3.8) is 0 Å². The Morgan fingerprint density at radius 2 is 2.08 bits per heavy atom. The number of pyridine rings is 1. The van der Waals surface area contributed by atoms with Gasteiger partial charge in [-0.05, 0) is 42.8 Å². The van der Waals surface area contributed by atoms with Gasteiger partial charge in [0.2, 0.25) is 0 Å². The number of ether oxygens (including phenoxy) is 1. The molecule has 0 unspecified atom stereocenters. The number of nitrogens with one attached hydrogen (secondary N) is 1. The molecule has 7 nitrogen and oxygen atoms in total. The number of imidazole rings is 1. The van der Waals surface area contributed by atoms with Crippen LogP contribution in [0, 0.1) is 0 Å². The molecule has 0 bridgehead atoms. The number of hydrogen-bond acceptors (Lipinski definition) is 4. The van der Waals surface area contributed by atoms with Gasteiger partial charge in [-0.15, -0.1) is 0 Å². The van der Waals surface area contributed by atoms with Crippen LogP contribution in [0.5, 0.6) is 5.75 Å². The molecule has 1 aliphatic rings. The first-order valence-electron chi connectivity index (χ1n) is 8.63. The molecule has 4 rings (SSSR count). The summed E-state index contributed by atoms with van der Waals surface area (Å²) in [5.41, 5.74) is 2.53. The number of carbonyl (C=O) groups is 1. The number of anilines is 1. The summed E-state index contributed by atoms with van der Waals surface area (Å²) in [6.07, 6.45) is 2.67. The van der Waals surface area contributed by atoms with Crippen molar-refractivity contribution >= 4 is 22.9 Å². The van der Waals surface area contributed by atoms with Crippen molar-refractivity contribution in [1.82, 2.24) is 19.4 Å². The number of aryl methyl sites for hydroxylation is 1. The molecule has 2 amide bonds. The Kier molecular flexibility index (Phi) is 4.20. The molecule has 1 N–H and O–H groups in total. The normalized spacial score (nSPS) is 16.8. The number of fused-ring (bicyclic) bond motifs is 1. The fraction of sp³-hybridized carbons (Fsp3) is 0.316. The predicted molar refractivity (Wildman–Crippen MR) is 99.5 cm³/mol. The highest BCUT2D eigenvalue weighted by molar-refractivity contribution is 5.89. The van der Waals surface area contributed by atoms with Gasteiger partial charge in [0, 0.05) is 37.9 Å². The molecule has 1 atom stereocenters. The Labute approximate surface area is 151 Å². The van der Waals surface area contributed by atoms with Gasteiger partial charge >= 0.3 is 6.03 Å². The number of urea groups is 1. The van der Waals surface area contributed by atoms with E-state index in [9.17, 15) is 4.79 Å². The molecular formula is C19H21N5O2. The van der Waals surface area contributed by atoms with E-state index in [2.05, 4.69) is 10.3 Å². The number of nitrogens with zero attached hydrogens (tertiary/aromatic N) is 4. The van der Waals surface area contributed by atoms with Crippen LogP contribution in [0.2, 0.25) is 0 Å². The number of methoxy groups -OCH3 is 1. The highest BCUT2D eigenvalue weighted by Gasteiger charge is 2.30. The van der Waals surface area contributed by atoms with Crippen molar-refractivity contribution in [3.05, 3.63) is 48.4 Å². The molecule has 7 heteroatoms. The topological polar surface area (TPSA) is 72.3 Å². The number of hydrogen-bond donors (Lipinski definition) is 1. The lowest BCUT2D eigenvalue weighted by atomic mass is 10.1. The minimum Gasteiger partial charge on any atom is -0.497 e. The first kappa shape index (κ1) is 16.4. The van der Waals surface area contributed by atoms with Crippen LogP contribution in [0.3, 0.4) is 0 Å². The van der Waals surface area contributed by atoms with Crippen LogP contribution < -0.4 is 10.1 Å². The number of likely N-dealkylation sites (tertiary alicyclic amines) is 1. The van der Waals surface area contributed by atoms with Crippen LogP contribution in [0.15, 0.2) is 42.6 Å². The van der Waals surface area contributed by atoms with Gasteiger partial charge in [0.25, 0.3) is 0 Å². The van der Waals surface area contributed by atoms with Gasteiger partial charge < -0.3 is 19.5 Å². The molecule has 1 saturated heterocycles. The maximum absolute atomic E-state index is 12.5. The SMILES string of the molecule is COc1ccc(NC(=O)N2CC[C@@H](c3nc4cccnc4n3C)C2)cc1. The first-order valence-corrected chi connectivity index (χ1v) is 8.63. The molecule has 1 fully saturated rings. The Morgan fingerprint density at radius 1 is 1.27 bits per heavy atom. The van der Waals surface area contributed by atoms with E-state index in [4.69, 9.17) is 9.72 Å². The summed E-state index contributed by atoms with van der Waals surface area (Å²) in [5, 5.41) is 2.94. The van der Waals surface area contributed by atoms with Crippen LogP contribution >= 0.6 is 0 Å². The van der Waals surface area contributed by atoms with Crippen LogP contribution in [0.1, 0.15) is 18.2 Å². The molecule has 2 aromatic heterocycles. The summed E-state index contributed by atoms with van der Waals surface area (Å²) in [6, 6.07) is 11.1. The maximum Gasteiger partial charge on any atom is 0.321 e. The molecule has 0 radical (unpaired) electrons. The molecule has 3 heterocycles. The monoisotopic (exact) mass is 351 g/mol. The highest BCUT2D eigenvalue weighted by atomic mass is 16.5. The Balaban J connectivity index is 1.45. The lowest BCUT2D eigenvalue weighted by molar-refractivity contribution is 0.222. The minimum absolute atomic E-state index is 0.0884. The summed E-state index contributed by atoms with van der Waals surface area (Å²) in [4.78, 5) is 23.5. The molecule has 1 aromatic carbocycles. The maximum atomic E-state index is 12.5. The van der Waals surface area contributed by atoms with Gasteiger partial charge in [0.05, 0.1) is 7.11 Å². The summed E-state index contributed by atoms with van der Waals surface area (Å²) < 4.78 is 7.17. The molecule has 1 aliphatic heterocycles. The van der Waals surface area contributed by atoms with Gasteiger partial charge in [-0.1, -0.05) is 0 Å². The lowest BCUT2D eigenvalue weighted by Crippen LogP contribution is -2.32. The van der Waals surface area contributed by atoms with E-state index in [0.717, 1.165) is 34.8 Å². The number of rotatable bonds is 3. The third-order valence-corrected chi connectivity index (χ3v) is 4.84. The second-order valence-electron chi connectivity index (χ2n) is 6.47. The van der Waals surface area contributed by atoms with Crippen LogP contribution in [0.4, 0.5) is 10.5 Å². The number of carbonyl (C=O) groups excluding carboxylic acids is 1. The smallest absolute Gasteiger partial charge is 0.321 e. The highest BCUT2D eigenvalue weighted by Crippen LogP contribution is 2.28. The van der Waals surface area contributed by atoms with Crippen molar-refractivity contribution in [2.75, 3.05) is 25.5 Å². The lowest BCUT2D eigenvalue weighted by Gasteiger charge is -2.17. The average Bonchev–Trinajstić information content (AvgIpc) is 3.28. The quantitative estimate of drug-likeness (QED) is 0.787.